The van der Waals surface area contributed by atoms with Crippen LogP contribution in [0, 0.1) is 12.7 Å². The number of rotatable bonds is 6. The van der Waals surface area contributed by atoms with Crippen molar-refractivity contribution < 1.29 is 23.2 Å². The summed E-state index contributed by atoms with van der Waals surface area (Å²) in [4.78, 5) is 27.1. The van der Waals surface area contributed by atoms with Crippen molar-refractivity contribution in [2.75, 3.05) is 5.32 Å². The molecule has 8 heteroatoms. The Morgan fingerprint density at radius 1 is 1.18 bits per heavy atom. The van der Waals surface area contributed by atoms with Gasteiger partial charge in [0.1, 0.15) is 11.6 Å². The van der Waals surface area contributed by atoms with Crippen LogP contribution in [-0.2, 0) is 16.0 Å². The first-order chi connectivity index (χ1) is 13.4. The molecule has 28 heavy (non-hydrogen) atoms. The topological polar surface area (TPSA) is 94.3 Å². The number of aryl methyl sites for hydroxylation is 2. The summed E-state index contributed by atoms with van der Waals surface area (Å²) in [5.41, 5.74) is 1.64. The Morgan fingerprint density at radius 3 is 2.61 bits per heavy atom. The molecule has 3 rings (SSSR count). The molecule has 3 aromatic rings. The van der Waals surface area contributed by atoms with Crippen LogP contribution in [0.4, 0.5) is 10.1 Å². The molecule has 144 valence electrons. The number of anilines is 1. The maximum absolute atomic E-state index is 13.7. The lowest BCUT2D eigenvalue weighted by molar-refractivity contribution is -0.134. The fraction of sp³-hybridized carbons (Fsp3) is 0.200. The van der Waals surface area contributed by atoms with Gasteiger partial charge in [0.05, 0.1) is 6.42 Å². The Kier molecular flexibility index (Phi) is 5.78. The highest BCUT2D eigenvalue weighted by atomic mass is 19.1. The second-order valence-corrected chi connectivity index (χ2v) is 6.16. The van der Waals surface area contributed by atoms with Gasteiger partial charge < -0.3 is 14.6 Å². The van der Waals surface area contributed by atoms with E-state index in [9.17, 15) is 14.0 Å². The van der Waals surface area contributed by atoms with E-state index in [-0.39, 0.29) is 36.3 Å². The maximum Gasteiger partial charge on any atom is 0.311 e. The van der Waals surface area contributed by atoms with Gasteiger partial charge in [-0.1, -0.05) is 17.3 Å². The van der Waals surface area contributed by atoms with Gasteiger partial charge in [-0.25, -0.2) is 4.39 Å². The van der Waals surface area contributed by atoms with Crippen LogP contribution >= 0.6 is 0 Å². The number of amides is 1. The summed E-state index contributed by atoms with van der Waals surface area (Å²) < 4.78 is 24.0. The normalized spacial score (nSPS) is 10.5. The van der Waals surface area contributed by atoms with Gasteiger partial charge in [0.2, 0.25) is 17.6 Å². The number of nitrogens with zero attached hydrogens (tertiary/aromatic N) is 2. The molecule has 0 fully saturated rings. The van der Waals surface area contributed by atoms with Gasteiger partial charge in [-0.15, -0.1) is 0 Å². The van der Waals surface area contributed by atoms with E-state index in [0.717, 1.165) is 0 Å². The van der Waals surface area contributed by atoms with Crippen LogP contribution in [0.25, 0.3) is 11.4 Å². The van der Waals surface area contributed by atoms with Gasteiger partial charge in [-0.2, -0.15) is 4.98 Å². The molecule has 0 unspecified atom stereocenters. The van der Waals surface area contributed by atoms with Crippen LogP contribution in [0.1, 0.15) is 24.8 Å². The molecule has 0 bridgehead atoms. The number of benzene rings is 2. The largest absolute Gasteiger partial charge is 0.427 e. The van der Waals surface area contributed by atoms with Crippen molar-refractivity contribution in [2.24, 2.45) is 0 Å². The number of carbonyl (C=O) groups is 2. The molecule has 0 aliphatic heterocycles. The molecule has 0 aliphatic carbocycles. The second kappa shape index (κ2) is 8.43. The highest BCUT2D eigenvalue weighted by Crippen LogP contribution is 2.20. The SMILES string of the molecule is CC(=O)Nc1ccc(OC(=O)CCc2nc(-c3ccc(C)c(F)c3)no2)cc1. The Labute approximate surface area is 160 Å². The molecular formula is C20H18FN3O4. The van der Waals surface area contributed by atoms with Gasteiger partial charge in [0.15, 0.2) is 0 Å². The smallest absolute Gasteiger partial charge is 0.311 e. The van der Waals surface area contributed by atoms with E-state index in [1.165, 1.54) is 13.0 Å². The predicted octanol–water partition coefficient (Wildman–Crippen LogP) is 3.68. The predicted molar refractivity (Wildman–Crippen MR) is 99.1 cm³/mol. The van der Waals surface area contributed by atoms with Gasteiger partial charge in [0, 0.05) is 24.6 Å². The second-order valence-electron chi connectivity index (χ2n) is 6.16. The summed E-state index contributed by atoms with van der Waals surface area (Å²) in [6.07, 6.45) is 0.238. The number of nitrogens with one attached hydrogen (secondary N) is 1. The zero-order chi connectivity index (χ0) is 20.1. The quantitative estimate of drug-likeness (QED) is 0.515. The van der Waals surface area contributed by atoms with Crippen LogP contribution in [0.3, 0.4) is 0 Å². The first kappa shape index (κ1) is 19.2. The average Bonchev–Trinajstić information content (AvgIpc) is 3.12. The standard InChI is InChI=1S/C20H18FN3O4/c1-12-3-4-14(11-17(12)21)20-23-18(28-24-20)9-10-19(26)27-16-7-5-15(6-8-16)22-13(2)25/h3-8,11H,9-10H2,1-2H3,(H,22,25). The third-order valence-corrected chi connectivity index (χ3v) is 3.85. The molecule has 0 atom stereocenters. The van der Waals surface area contributed by atoms with E-state index in [1.54, 1.807) is 43.3 Å². The molecule has 0 spiro atoms. The molecule has 1 N–H and O–H groups in total. The van der Waals surface area contributed by atoms with Gasteiger partial charge in [-0.05, 0) is 42.8 Å². The summed E-state index contributed by atoms with van der Waals surface area (Å²) in [7, 11) is 0. The van der Waals surface area contributed by atoms with E-state index in [2.05, 4.69) is 15.5 Å². The number of ether oxygens (including phenoxy) is 1. The molecule has 0 radical (unpaired) electrons. The van der Waals surface area contributed by atoms with Crippen LogP contribution in [-0.4, -0.2) is 22.0 Å². The van der Waals surface area contributed by atoms with Crippen molar-refractivity contribution in [2.45, 2.75) is 26.7 Å². The molecule has 1 heterocycles. The van der Waals surface area contributed by atoms with Crippen molar-refractivity contribution in [1.29, 1.82) is 0 Å². The summed E-state index contributed by atoms with van der Waals surface area (Å²) in [5.74, 6) is -0.118. The monoisotopic (exact) mass is 383 g/mol. The molecule has 1 amide bonds. The number of halogens is 1. The Bertz CT molecular complexity index is 999. The van der Waals surface area contributed by atoms with Crippen molar-refractivity contribution in [3.05, 3.63) is 59.7 Å². The van der Waals surface area contributed by atoms with Crippen LogP contribution in [0.15, 0.2) is 47.0 Å². The third-order valence-electron chi connectivity index (χ3n) is 3.85. The first-order valence-electron chi connectivity index (χ1n) is 8.58. The summed E-state index contributed by atoms with van der Waals surface area (Å²) in [6, 6.07) is 11.1. The van der Waals surface area contributed by atoms with E-state index < -0.39 is 5.97 Å². The lowest BCUT2D eigenvalue weighted by Crippen LogP contribution is -2.09. The fourth-order valence-electron chi connectivity index (χ4n) is 2.41. The number of esters is 1. The van der Waals surface area contributed by atoms with Crippen molar-refractivity contribution >= 4 is 17.6 Å². The van der Waals surface area contributed by atoms with Crippen molar-refractivity contribution in [1.82, 2.24) is 10.1 Å². The molecule has 0 saturated carbocycles. The zero-order valence-electron chi connectivity index (χ0n) is 15.4. The Balaban J connectivity index is 1.54. The molecular weight excluding hydrogens is 365 g/mol. The minimum absolute atomic E-state index is 0.0390. The van der Waals surface area contributed by atoms with Gasteiger partial charge in [0.25, 0.3) is 0 Å². The lowest BCUT2D eigenvalue weighted by atomic mass is 10.1. The van der Waals surface area contributed by atoms with E-state index in [1.807, 2.05) is 0 Å². The minimum atomic E-state index is -0.464. The van der Waals surface area contributed by atoms with Crippen LogP contribution in [0.5, 0.6) is 5.75 Å². The fourth-order valence-corrected chi connectivity index (χ4v) is 2.41. The van der Waals surface area contributed by atoms with Crippen molar-refractivity contribution in [3.63, 3.8) is 0 Å². The third kappa shape index (κ3) is 5.00. The Morgan fingerprint density at radius 2 is 1.93 bits per heavy atom. The zero-order valence-corrected chi connectivity index (χ0v) is 15.4. The highest BCUT2D eigenvalue weighted by molar-refractivity contribution is 5.88. The molecule has 1 aromatic heterocycles. The molecule has 0 aliphatic rings. The summed E-state index contributed by atoms with van der Waals surface area (Å²) in [5, 5.41) is 6.44. The lowest BCUT2D eigenvalue weighted by Gasteiger charge is -2.05. The summed E-state index contributed by atoms with van der Waals surface area (Å²) in [6.45, 7) is 3.08. The van der Waals surface area contributed by atoms with Gasteiger partial charge >= 0.3 is 5.97 Å². The van der Waals surface area contributed by atoms with Crippen molar-refractivity contribution in [3.8, 4) is 17.1 Å². The van der Waals surface area contributed by atoms with Crippen LogP contribution in [0.2, 0.25) is 0 Å². The number of carbonyl (C=O) groups excluding carboxylic acids is 2. The van der Waals surface area contributed by atoms with E-state index in [0.29, 0.717) is 22.6 Å². The first-order valence-corrected chi connectivity index (χ1v) is 8.58. The minimum Gasteiger partial charge on any atom is -0.427 e. The number of hydrogen-bond acceptors (Lipinski definition) is 6. The number of hydrogen-bond donors (Lipinski definition) is 1. The highest BCUT2D eigenvalue weighted by Gasteiger charge is 2.13. The van der Waals surface area contributed by atoms with Gasteiger partial charge in [-0.3, -0.25) is 9.59 Å². The Hall–Kier alpha value is -3.55. The molecule has 7 nitrogen and oxygen atoms in total. The number of aromatic nitrogens is 2. The average molecular weight is 383 g/mol. The van der Waals surface area contributed by atoms with E-state index in [4.69, 9.17) is 9.26 Å². The maximum atomic E-state index is 13.7. The van der Waals surface area contributed by atoms with E-state index >= 15 is 0 Å². The summed E-state index contributed by atoms with van der Waals surface area (Å²) >= 11 is 0. The van der Waals surface area contributed by atoms with Crippen LogP contribution < -0.4 is 10.1 Å². The molecule has 2 aromatic carbocycles. The molecule has 0 saturated heterocycles.